The molecule has 1 N–H and O–H groups in total. The fourth-order valence-corrected chi connectivity index (χ4v) is 2.76. The van der Waals surface area contributed by atoms with Crippen LogP contribution >= 0.6 is 24.0 Å². The first-order valence-electron chi connectivity index (χ1n) is 8.63. The van der Waals surface area contributed by atoms with Crippen molar-refractivity contribution in [1.29, 1.82) is 0 Å². The topological polar surface area (TPSA) is 67.6 Å². The second kappa shape index (κ2) is 11.6. The molecule has 0 aliphatic carbocycles. The minimum Gasteiger partial charge on any atom is -0.383 e. The van der Waals surface area contributed by atoms with Crippen LogP contribution in [-0.2, 0) is 17.7 Å². The molecule has 2 heterocycles. The number of hydrogen-bond donors (Lipinski definition) is 1. The zero-order valence-electron chi connectivity index (χ0n) is 15.1. The van der Waals surface area contributed by atoms with Crippen molar-refractivity contribution >= 4 is 29.9 Å². The summed E-state index contributed by atoms with van der Waals surface area (Å²) in [6, 6.07) is 0. The van der Waals surface area contributed by atoms with Crippen molar-refractivity contribution in [2.24, 2.45) is 10.9 Å². The largest absolute Gasteiger partial charge is 0.383 e. The number of likely N-dealkylation sites (tertiary alicyclic amines) is 1. The van der Waals surface area contributed by atoms with Crippen LogP contribution in [0.1, 0.15) is 32.5 Å². The standard InChI is InChI=1S/C16H30N6O.HI/c1-4-15-20-19-13-22(15)11-7-17-16(18-8-12-23-3)21-9-5-14(2)6-10-21;/h13-14H,4-12H2,1-3H3,(H,17,18);1H. The van der Waals surface area contributed by atoms with Crippen molar-refractivity contribution in [1.82, 2.24) is 25.0 Å². The second-order valence-corrected chi connectivity index (χ2v) is 6.09. The molecule has 7 nitrogen and oxygen atoms in total. The van der Waals surface area contributed by atoms with E-state index in [-0.39, 0.29) is 24.0 Å². The zero-order valence-corrected chi connectivity index (χ0v) is 17.4. The first-order chi connectivity index (χ1) is 11.2. The van der Waals surface area contributed by atoms with E-state index >= 15 is 0 Å². The Morgan fingerprint density at radius 3 is 2.83 bits per heavy atom. The predicted octanol–water partition coefficient (Wildman–Crippen LogP) is 1.78. The van der Waals surface area contributed by atoms with E-state index in [4.69, 9.17) is 4.74 Å². The molecule has 138 valence electrons. The molecule has 0 aromatic carbocycles. The van der Waals surface area contributed by atoms with Gasteiger partial charge in [-0.05, 0) is 18.8 Å². The van der Waals surface area contributed by atoms with Gasteiger partial charge in [-0.1, -0.05) is 13.8 Å². The van der Waals surface area contributed by atoms with Gasteiger partial charge in [-0.15, -0.1) is 34.2 Å². The van der Waals surface area contributed by atoms with E-state index in [2.05, 4.69) is 43.8 Å². The minimum absolute atomic E-state index is 0. The number of nitrogens with one attached hydrogen (secondary N) is 1. The van der Waals surface area contributed by atoms with Crippen molar-refractivity contribution in [3.05, 3.63) is 12.2 Å². The Bertz CT molecular complexity index is 485. The lowest BCUT2D eigenvalue weighted by molar-refractivity contribution is 0.206. The summed E-state index contributed by atoms with van der Waals surface area (Å²) in [4.78, 5) is 7.05. The van der Waals surface area contributed by atoms with Crippen molar-refractivity contribution in [2.45, 2.75) is 39.7 Å². The molecule has 1 aromatic heterocycles. The number of nitrogens with zero attached hydrogens (tertiary/aromatic N) is 5. The monoisotopic (exact) mass is 450 g/mol. The van der Waals surface area contributed by atoms with Gasteiger partial charge in [-0.25, -0.2) is 0 Å². The van der Waals surface area contributed by atoms with Crippen molar-refractivity contribution in [2.75, 3.05) is 39.9 Å². The molecule has 1 fully saturated rings. The summed E-state index contributed by atoms with van der Waals surface area (Å²) < 4.78 is 7.21. The fraction of sp³-hybridized carbons (Fsp3) is 0.812. The molecule has 1 saturated heterocycles. The summed E-state index contributed by atoms with van der Waals surface area (Å²) in [6.07, 6.45) is 5.16. The highest BCUT2D eigenvalue weighted by Crippen LogP contribution is 2.15. The Morgan fingerprint density at radius 2 is 2.17 bits per heavy atom. The van der Waals surface area contributed by atoms with Crippen LogP contribution < -0.4 is 5.32 Å². The molecule has 0 bridgehead atoms. The molecule has 8 heteroatoms. The van der Waals surface area contributed by atoms with Crippen LogP contribution in [0.4, 0.5) is 0 Å². The smallest absolute Gasteiger partial charge is 0.194 e. The number of guanidine groups is 1. The molecule has 0 atom stereocenters. The summed E-state index contributed by atoms with van der Waals surface area (Å²) in [5, 5.41) is 11.6. The SMILES string of the molecule is CCc1nncn1CCNC(=NCCOC)N1CCC(C)CC1.I. The molecule has 2 rings (SSSR count). The number of aryl methyl sites for hydroxylation is 1. The number of aliphatic imine (C=N–C) groups is 1. The zero-order chi connectivity index (χ0) is 16.5. The molecule has 24 heavy (non-hydrogen) atoms. The van der Waals surface area contributed by atoms with Gasteiger partial charge in [0, 0.05) is 39.7 Å². The van der Waals surface area contributed by atoms with Gasteiger partial charge < -0.3 is 19.5 Å². The molecule has 0 spiro atoms. The van der Waals surface area contributed by atoms with E-state index in [1.165, 1.54) is 12.8 Å². The van der Waals surface area contributed by atoms with E-state index in [0.717, 1.165) is 50.3 Å². The normalized spacial score (nSPS) is 16.1. The van der Waals surface area contributed by atoms with E-state index in [0.29, 0.717) is 13.2 Å². The van der Waals surface area contributed by atoms with Gasteiger partial charge in [0.25, 0.3) is 0 Å². The molecule has 1 aliphatic rings. The molecule has 0 amide bonds. The van der Waals surface area contributed by atoms with Gasteiger partial charge in [-0.2, -0.15) is 0 Å². The summed E-state index contributed by atoms with van der Waals surface area (Å²) in [7, 11) is 1.71. The van der Waals surface area contributed by atoms with E-state index in [1.54, 1.807) is 13.4 Å². The maximum atomic E-state index is 5.12. The van der Waals surface area contributed by atoms with Gasteiger partial charge in [0.05, 0.1) is 13.2 Å². The average molecular weight is 450 g/mol. The fourth-order valence-electron chi connectivity index (χ4n) is 2.76. The lowest BCUT2D eigenvalue weighted by Crippen LogP contribution is -2.46. The van der Waals surface area contributed by atoms with Crippen molar-refractivity contribution < 1.29 is 4.74 Å². The lowest BCUT2D eigenvalue weighted by Gasteiger charge is -2.33. The highest BCUT2D eigenvalue weighted by atomic mass is 127. The Labute approximate surface area is 162 Å². The first kappa shape index (κ1) is 21.1. The molecule has 0 radical (unpaired) electrons. The summed E-state index contributed by atoms with van der Waals surface area (Å²) in [6.45, 7) is 9.59. The van der Waals surface area contributed by atoms with Gasteiger partial charge in [0.2, 0.25) is 0 Å². The van der Waals surface area contributed by atoms with Crippen LogP contribution in [-0.4, -0.2) is 65.5 Å². The molecule has 1 aliphatic heterocycles. The Morgan fingerprint density at radius 1 is 1.42 bits per heavy atom. The molecule has 1 aromatic rings. The van der Waals surface area contributed by atoms with Gasteiger partial charge in [0.1, 0.15) is 12.2 Å². The molecule has 0 unspecified atom stereocenters. The van der Waals surface area contributed by atoms with Gasteiger partial charge in [0.15, 0.2) is 5.96 Å². The van der Waals surface area contributed by atoms with Crippen LogP contribution in [0.2, 0.25) is 0 Å². The van der Waals surface area contributed by atoms with Crippen LogP contribution in [0.15, 0.2) is 11.3 Å². The lowest BCUT2D eigenvalue weighted by atomic mass is 10.00. The number of rotatable bonds is 7. The van der Waals surface area contributed by atoms with E-state index < -0.39 is 0 Å². The number of halogens is 1. The summed E-state index contributed by atoms with van der Waals surface area (Å²) in [5.74, 6) is 2.84. The van der Waals surface area contributed by atoms with Crippen LogP contribution in [0.3, 0.4) is 0 Å². The number of piperidine rings is 1. The average Bonchev–Trinajstić information content (AvgIpc) is 3.02. The number of hydrogen-bond acceptors (Lipinski definition) is 4. The van der Waals surface area contributed by atoms with Gasteiger partial charge in [-0.3, -0.25) is 4.99 Å². The molecular formula is C16H31IN6O. The number of aromatic nitrogens is 3. The van der Waals surface area contributed by atoms with Crippen molar-refractivity contribution in [3.8, 4) is 0 Å². The Hall–Kier alpha value is -0.900. The maximum Gasteiger partial charge on any atom is 0.194 e. The third-order valence-corrected chi connectivity index (χ3v) is 4.29. The predicted molar refractivity (Wildman–Crippen MR) is 107 cm³/mol. The number of methoxy groups -OCH3 is 1. The molecular weight excluding hydrogens is 419 g/mol. The molecule has 0 saturated carbocycles. The summed E-state index contributed by atoms with van der Waals surface area (Å²) in [5.41, 5.74) is 0. The quantitative estimate of drug-likeness (QED) is 0.297. The Balaban J connectivity index is 0.00000288. The minimum atomic E-state index is 0. The van der Waals surface area contributed by atoms with E-state index in [9.17, 15) is 0 Å². The van der Waals surface area contributed by atoms with Crippen LogP contribution in [0.5, 0.6) is 0 Å². The van der Waals surface area contributed by atoms with Gasteiger partial charge >= 0.3 is 0 Å². The highest BCUT2D eigenvalue weighted by molar-refractivity contribution is 14.0. The number of ether oxygens (including phenoxy) is 1. The van der Waals surface area contributed by atoms with Crippen LogP contribution in [0.25, 0.3) is 0 Å². The Kier molecular flexibility index (Phi) is 10.2. The summed E-state index contributed by atoms with van der Waals surface area (Å²) >= 11 is 0. The second-order valence-electron chi connectivity index (χ2n) is 6.09. The van der Waals surface area contributed by atoms with Crippen LogP contribution in [0, 0.1) is 5.92 Å². The maximum absolute atomic E-state index is 5.12. The third-order valence-electron chi connectivity index (χ3n) is 4.29. The third kappa shape index (κ3) is 6.54. The van der Waals surface area contributed by atoms with Crippen molar-refractivity contribution in [3.63, 3.8) is 0 Å². The first-order valence-corrected chi connectivity index (χ1v) is 8.63. The highest BCUT2D eigenvalue weighted by Gasteiger charge is 2.18. The van der Waals surface area contributed by atoms with E-state index in [1.807, 2.05) is 0 Å².